The molecule has 0 saturated heterocycles. The van der Waals surface area contributed by atoms with Crippen molar-refractivity contribution in [1.29, 1.82) is 0 Å². The number of aromatic carboxylic acids is 1. The Bertz CT molecular complexity index is 789. The van der Waals surface area contributed by atoms with Crippen molar-refractivity contribution in [3.63, 3.8) is 0 Å². The maximum Gasteiger partial charge on any atom is 0.335 e. The Kier molecular flexibility index (Phi) is 7.08. The molecule has 0 radical (unpaired) electrons. The zero-order valence-electron chi connectivity index (χ0n) is 15.2. The van der Waals surface area contributed by atoms with Gasteiger partial charge in [-0.2, -0.15) is 0 Å². The van der Waals surface area contributed by atoms with Crippen molar-refractivity contribution < 1.29 is 18.7 Å². The van der Waals surface area contributed by atoms with Gasteiger partial charge in [-0.1, -0.05) is 43.7 Å². The van der Waals surface area contributed by atoms with Gasteiger partial charge in [0.15, 0.2) is 0 Å². The highest BCUT2D eigenvalue weighted by Gasteiger charge is 2.20. The molecule has 0 amide bonds. The number of aryl methyl sites for hydroxylation is 1. The van der Waals surface area contributed by atoms with Crippen molar-refractivity contribution in [2.75, 3.05) is 0 Å². The molecule has 140 valence electrons. The molecular weight excluding hydrogens is 350 g/mol. The van der Waals surface area contributed by atoms with Gasteiger partial charge in [-0.05, 0) is 59.7 Å². The predicted molar refractivity (Wildman–Crippen MR) is 101 cm³/mol. The standard InChI is InChI=1S/C20H25NO4S/c1-4-18(21-12-15-6-8-16(9-7-15)20(22)23)14(3)17-11-13(2)5-10-19(17)26(24)25/h5-11,14,18,21H,4,12H2,1-3H3,(H,22,23)(H,24,25)/p-1. The smallest absolute Gasteiger partial charge is 0.335 e. The molecule has 0 aliphatic rings. The van der Waals surface area contributed by atoms with E-state index in [1.165, 1.54) is 0 Å². The first kappa shape index (κ1) is 20.3. The molecule has 0 aromatic heterocycles. The number of carbonyl (C=O) groups is 1. The summed E-state index contributed by atoms with van der Waals surface area (Å²) < 4.78 is 23.1. The summed E-state index contributed by atoms with van der Waals surface area (Å²) in [6.07, 6.45) is 0.841. The lowest BCUT2D eigenvalue weighted by Crippen LogP contribution is -2.33. The first-order valence-corrected chi connectivity index (χ1v) is 9.66. The molecule has 2 N–H and O–H groups in total. The van der Waals surface area contributed by atoms with Crippen molar-refractivity contribution in [1.82, 2.24) is 5.32 Å². The summed E-state index contributed by atoms with van der Waals surface area (Å²) in [5.41, 5.74) is 3.09. The van der Waals surface area contributed by atoms with E-state index in [4.69, 9.17) is 5.11 Å². The van der Waals surface area contributed by atoms with Gasteiger partial charge in [0.1, 0.15) is 0 Å². The minimum absolute atomic E-state index is 0.0195. The van der Waals surface area contributed by atoms with Crippen molar-refractivity contribution in [2.45, 2.75) is 50.6 Å². The van der Waals surface area contributed by atoms with Gasteiger partial charge in [-0.25, -0.2) is 4.79 Å². The second-order valence-electron chi connectivity index (χ2n) is 6.46. The number of carboxylic acid groups (broad SMARTS) is 1. The Morgan fingerprint density at radius 1 is 1.23 bits per heavy atom. The highest BCUT2D eigenvalue weighted by atomic mass is 32.2. The van der Waals surface area contributed by atoms with Crippen LogP contribution in [0.25, 0.3) is 0 Å². The van der Waals surface area contributed by atoms with Crippen molar-refractivity contribution >= 4 is 17.0 Å². The largest absolute Gasteiger partial charge is 0.768 e. The molecule has 0 aliphatic carbocycles. The van der Waals surface area contributed by atoms with Crippen LogP contribution in [-0.2, 0) is 17.6 Å². The molecule has 26 heavy (non-hydrogen) atoms. The molecule has 3 atom stereocenters. The van der Waals surface area contributed by atoms with E-state index in [-0.39, 0.29) is 17.5 Å². The zero-order chi connectivity index (χ0) is 19.3. The third kappa shape index (κ3) is 5.00. The fourth-order valence-electron chi connectivity index (χ4n) is 3.08. The molecule has 5 nitrogen and oxygen atoms in total. The van der Waals surface area contributed by atoms with Gasteiger partial charge in [-0.15, -0.1) is 0 Å². The lowest BCUT2D eigenvalue weighted by molar-refractivity contribution is 0.0697. The summed E-state index contributed by atoms with van der Waals surface area (Å²) in [5.74, 6) is -0.923. The average Bonchev–Trinajstić information content (AvgIpc) is 2.62. The van der Waals surface area contributed by atoms with E-state index in [1.54, 1.807) is 36.4 Å². The third-order valence-electron chi connectivity index (χ3n) is 4.65. The van der Waals surface area contributed by atoms with Crippen LogP contribution in [0.5, 0.6) is 0 Å². The average molecular weight is 374 g/mol. The summed E-state index contributed by atoms with van der Waals surface area (Å²) in [5, 5.41) is 12.4. The van der Waals surface area contributed by atoms with Crippen LogP contribution in [0.15, 0.2) is 47.4 Å². The molecule has 6 heteroatoms. The van der Waals surface area contributed by atoms with Crippen LogP contribution >= 0.6 is 0 Å². The number of nitrogens with one attached hydrogen (secondary N) is 1. The quantitative estimate of drug-likeness (QED) is 0.689. The lowest BCUT2D eigenvalue weighted by Gasteiger charge is -2.27. The molecule has 0 fully saturated rings. The Balaban J connectivity index is 2.14. The molecule has 0 saturated carbocycles. The summed E-state index contributed by atoms with van der Waals surface area (Å²) in [6, 6.07) is 12.2. The van der Waals surface area contributed by atoms with E-state index in [2.05, 4.69) is 12.2 Å². The van der Waals surface area contributed by atoms with Crippen molar-refractivity contribution in [3.8, 4) is 0 Å². The van der Waals surface area contributed by atoms with Gasteiger partial charge < -0.3 is 15.0 Å². The maximum atomic E-state index is 11.5. The Labute approximate surface area is 156 Å². The normalized spacial score (nSPS) is 14.6. The monoisotopic (exact) mass is 374 g/mol. The number of benzene rings is 2. The molecule has 2 aromatic rings. The van der Waals surface area contributed by atoms with Crippen LogP contribution in [0.4, 0.5) is 0 Å². The Morgan fingerprint density at radius 2 is 1.88 bits per heavy atom. The SMILES string of the molecule is CCC(NCc1ccc(C(=O)O)cc1)C(C)c1cc(C)ccc1S(=O)[O-]. The van der Waals surface area contributed by atoms with Gasteiger partial charge >= 0.3 is 5.97 Å². The number of hydrogen-bond donors (Lipinski definition) is 2. The Hall–Kier alpha value is -2.02. The van der Waals surface area contributed by atoms with E-state index in [0.717, 1.165) is 23.1 Å². The minimum atomic E-state index is -2.27. The van der Waals surface area contributed by atoms with Gasteiger partial charge in [0.05, 0.1) is 5.56 Å². The second kappa shape index (κ2) is 9.07. The van der Waals surface area contributed by atoms with E-state index >= 15 is 0 Å². The molecule has 2 aromatic carbocycles. The predicted octanol–water partition coefficient (Wildman–Crippen LogP) is 3.60. The minimum Gasteiger partial charge on any atom is -0.768 e. The maximum absolute atomic E-state index is 11.5. The summed E-state index contributed by atoms with van der Waals surface area (Å²) >= 11 is -2.27. The lowest BCUT2D eigenvalue weighted by atomic mass is 9.90. The van der Waals surface area contributed by atoms with E-state index in [9.17, 15) is 13.6 Å². The van der Waals surface area contributed by atoms with Crippen LogP contribution in [0.2, 0.25) is 0 Å². The van der Waals surface area contributed by atoms with Crippen molar-refractivity contribution in [3.05, 3.63) is 64.7 Å². The number of carboxylic acids is 1. The second-order valence-corrected chi connectivity index (χ2v) is 7.37. The fourth-order valence-corrected chi connectivity index (χ4v) is 3.70. The fraction of sp³-hybridized carbons (Fsp3) is 0.350. The molecule has 0 aliphatic heterocycles. The zero-order valence-corrected chi connectivity index (χ0v) is 16.0. The summed E-state index contributed by atoms with van der Waals surface area (Å²) in [6.45, 7) is 6.63. The van der Waals surface area contributed by atoms with Gasteiger partial charge in [-0.3, -0.25) is 4.21 Å². The van der Waals surface area contributed by atoms with Crippen LogP contribution in [0.1, 0.15) is 53.2 Å². The molecule has 2 rings (SSSR count). The van der Waals surface area contributed by atoms with Gasteiger partial charge in [0.25, 0.3) is 0 Å². The van der Waals surface area contributed by atoms with E-state index < -0.39 is 17.0 Å². The summed E-state index contributed by atoms with van der Waals surface area (Å²) in [4.78, 5) is 11.3. The highest BCUT2D eigenvalue weighted by Crippen LogP contribution is 2.28. The first-order valence-electron chi connectivity index (χ1n) is 8.59. The van der Waals surface area contributed by atoms with Crippen molar-refractivity contribution in [2.24, 2.45) is 0 Å². The molecule has 3 unspecified atom stereocenters. The molecule has 0 heterocycles. The van der Waals surface area contributed by atoms with Crippen LogP contribution in [-0.4, -0.2) is 25.9 Å². The Morgan fingerprint density at radius 3 is 2.42 bits per heavy atom. The van der Waals surface area contributed by atoms with E-state index in [0.29, 0.717) is 11.4 Å². The van der Waals surface area contributed by atoms with E-state index in [1.807, 2.05) is 19.9 Å². The topological polar surface area (TPSA) is 89.5 Å². The number of hydrogen-bond acceptors (Lipinski definition) is 4. The van der Waals surface area contributed by atoms with Crippen LogP contribution in [0.3, 0.4) is 0 Å². The molecule has 0 bridgehead atoms. The first-order chi connectivity index (χ1) is 12.3. The summed E-state index contributed by atoms with van der Waals surface area (Å²) in [7, 11) is 0. The highest BCUT2D eigenvalue weighted by molar-refractivity contribution is 7.79. The number of rotatable bonds is 8. The molecular formula is C20H24NO4S-. The van der Waals surface area contributed by atoms with Gasteiger partial charge in [0.2, 0.25) is 0 Å². The van der Waals surface area contributed by atoms with Crippen LogP contribution in [0, 0.1) is 6.92 Å². The van der Waals surface area contributed by atoms with Gasteiger partial charge in [0, 0.05) is 17.5 Å². The van der Waals surface area contributed by atoms with Crippen LogP contribution < -0.4 is 5.32 Å². The third-order valence-corrected chi connectivity index (χ3v) is 5.38. The molecule has 0 spiro atoms.